The molecule has 2 aromatic carbocycles. The second-order valence-corrected chi connectivity index (χ2v) is 5.37. The van der Waals surface area contributed by atoms with Crippen LogP contribution in [0.4, 0.5) is 17.2 Å². The van der Waals surface area contributed by atoms with E-state index in [4.69, 9.17) is 10.00 Å². The van der Waals surface area contributed by atoms with Crippen molar-refractivity contribution in [3.05, 3.63) is 78.0 Å². The lowest BCUT2D eigenvalue weighted by Gasteiger charge is -2.13. The number of carbonyl (C=O) groups is 1. The first kappa shape index (κ1) is 17.0. The second-order valence-electron chi connectivity index (χ2n) is 5.37. The molecule has 6 nitrogen and oxygen atoms in total. The maximum absolute atomic E-state index is 12.7. The van der Waals surface area contributed by atoms with E-state index in [0.717, 1.165) is 0 Å². The molecule has 0 radical (unpaired) electrons. The average molecular weight is 344 g/mol. The van der Waals surface area contributed by atoms with Crippen molar-refractivity contribution < 1.29 is 9.53 Å². The first-order valence-electron chi connectivity index (χ1n) is 7.88. The number of amides is 1. The number of carbonyl (C=O) groups excluding carboxylic acids is 1. The lowest BCUT2D eigenvalue weighted by atomic mass is 10.2. The number of hydrogen-bond donors (Lipinski definition) is 2. The Bertz CT molecular complexity index is 979. The molecule has 0 aliphatic carbocycles. The van der Waals surface area contributed by atoms with E-state index >= 15 is 0 Å². The van der Waals surface area contributed by atoms with E-state index in [9.17, 15) is 4.79 Å². The normalized spacial score (nSPS) is 9.85. The van der Waals surface area contributed by atoms with Gasteiger partial charge in [-0.2, -0.15) is 5.26 Å². The summed E-state index contributed by atoms with van der Waals surface area (Å²) in [5.41, 5.74) is 2.09. The van der Waals surface area contributed by atoms with Gasteiger partial charge in [0.05, 0.1) is 30.0 Å². The zero-order valence-electron chi connectivity index (χ0n) is 14.1. The first-order chi connectivity index (χ1) is 12.7. The lowest BCUT2D eigenvalue weighted by Crippen LogP contribution is -2.14. The van der Waals surface area contributed by atoms with Gasteiger partial charge in [0.1, 0.15) is 11.6 Å². The van der Waals surface area contributed by atoms with Gasteiger partial charge in [-0.25, -0.2) is 4.98 Å². The van der Waals surface area contributed by atoms with Crippen LogP contribution in [0.2, 0.25) is 0 Å². The van der Waals surface area contributed by atoms with Crippen molar-refractivity contribution in [3.8, 4) is 11.8 Å². The number of pyridine rings is 1. The van der Waals surface area contributed by atoms with E-state index in [1.165, 1.54) is 0 Å². The van der Waals surface area contributed by atoms with Crippen LogP contribution in [-0.2, 0) is 0 Å². The van der Waals surface area contributed by atoms with E-state index in [1.807, 2.05) is 30.3 Å². The molecule has 0 bridgehead atoms. The number of hydrogen-bond acceptors (Lipinski definition) is 5. The van der Waals surface area contributed by atoms with Crippen LogP contribution < -0.4 is 15.4 Å². The third kappa shape index (κ3) is 3.79. The van der Waals surface area contributed by atoms with Crippen LogP contribution in [-0.4, -0.2) is 18.0 Å². The van der Waals surface area contributed by atoms with E-state index in [2.05, 4.69) is 15.6 Å². The number of anilines is 3. The number of benzene rings is 2. The van der Waals surface area contributed by atoms with Crippen LogP contribution in [0.25, 0.3) is 0 Å². The summed E-state index contributed by atoms with van der Waals surface area (Å²) in [4.78, 5) is 16.9. The van der Waals surface area contributed by atoms with Gasteiger partial charge in [0.15, 0.2) is 0 Å². The lowest BCUT2D eigenvalue weighted by molar-refractivity contribution is 0.102. The Kier molecular flexibility index (Phi) is 5.11. The molecular weight excluding hydrogens is 328 g/mol. The van der Waals surface area contributed by atoms with Gasteiger partial charge in [-0.3, -0.25) is 4.79 Å². The van der Waals surface area contributed by atoms with E-state index in [1.54, 1.807) is 49.7 Å². The molecule has 0 spiro atoms. The highest BCUT2D eigenvalue weighted by Gasteiger charge is 2.14. The molecule has 0 saturated carbocycles. The molecule has 1 heterocycles. The molecule has 0 saturated heterocycles. The number of nitriles is 1. The number of ether oxygens (including phenoxy) is 1. The van der Waals surface area contributed by atoms with Gasteiger partial charge in [-0.1, -0.05) is 18.2 Å². The first-order valence-corrected chi connectivity index (χ1v) is 7.88. The molecule has 1 amide bonds. The SMILES string of the molecule is COc1ccccc1Nc1ncccc1C(=O)Nc1cccc(C#N)c1. The Balaban J connectivity index is 1.86. The third-order valence-electron chi connectivity index (χ3n) is 3.66. The fourth-order valence-electron chi connectivity index (χ4n) is 2.43. The van der Waals surface area contributed by atoms with Crippen molar-refractivity contribution >= 4 is 23.1 Å². The van der Waals surface area contributed by atoms with Crippen molar-refractivity contribution in [1.29, 1.82) is 5.26 Å². The van der Waals surface area contributed by atoms with E-state index < -0.39 is 0 Å². The van der Waals surface area contributed by atoms with Gasteiger partial charge in [0.25, 0.3) is 5.91 Å². The summed E-state index contributed by atoms with van der Waals surface area (Å²) in [5.74, 6) is 0.725. The minimum Gasteiger partial charge on any atom is -0.495 e. The predicted molar refractivity (Wildman–Crippen MR) is 99.6 cm³/mol. The molecule has 0 aliphatic heterocycles. The van der Waals surface area contributed by atoms with Gasteiger partial charge in [0.2, 0.25) is 0 Å². The maximum atomic E-state index is 12.7. The van der Waals surface area contributed by atoms with Crippen molar-refractivity contribution in [2.24, 2.45) is 0 Å². The predicted octanol–water partition coefficient (Wildman–Crippen LogP) is 3.96. The largest absolute Gasteiger partial charge is 0.495 e. The summed E-state index contributed by atoms with van der Waals surface area (Å²) < 4.78 is 5.32. The fourth-order valence-corrected chi connectivity index (χ4v) is 2.43. The third-order valence-corrected chi connectivity index (χ3v) is 3.66. The average Bonchev–Trinajstić information content (AvgIpc) is 2.69. The summed E-state index contributed by atoms with van der Waals surface area (Å²) in [5, 5.41) is 14.9. The second kappa shape index (κ2) is 7.81. The quantitative estimate of drug-likeness (QED) is 0.731. The number of nitrogens with zero attached hydrogens (tertiary/aromatic N) is 2. The summed E-state index contributed by atoms with van der Waals surface area (Å²) in [6.07, 6.45) is 1.60. The number of aromatic nitrogens is 1. The summed E-state index contributed by atoms with van der Waals surface area (Å²) in [7, 11) is 1.58. The molecular formula is C20H16N4O2. The number of methoxy groups -OCH3 is 1. The van der Waals surface area contributed by atoms with Crippen molar-refractivity contribution in [2.75, 3.05) is 17.7 Å². The molecule has 0 fully saturated rings. The van der Waals surface area contributed by atoms with Gasteiger partial charge in [-0.15, -0.1) is 0 Å². The minimum absolute atomic E-state index is 0.328. The summed E-state index contributed by atoms with van der Waals surface area (Å²) in [6, 6.07) is 19.5. The molecule has 3 aromatic rings. The Morgan fingerprint density at radius 1 is 1.12 bits per heavy atom. The molecule has 26 heavy (non-hydrogen) atoms. The fraction of sp³-hybridized carbons (Fsp3) is 0.0500. The van der Waals surface area contributed by atoms with Crippen LogP contribution in [0.1, 0.15) is 15.9 Å². The van der Waals surface area contributed by atoms with Crippen LogP contribution in [0, 0.1) is 11.3 Å². The van der Waals surface area contributed by atoms with Crippen LogP contribution >= 0.6 is 0 Å². The maximum Gasteiger partial charge on any atom is 0.259 e. The summed E-state index contributed by atoms with van der Waals surface area (Å²) >= 11 is 0. The molecule has 2 N–H and O–H groups in total. The Hall–Kier alpha value is -3.85. The molecule has 0 aliphatic rings. The van der Waals surface area contributed by atoms with Crippen LogP contribution in [0.5, 0.6) is 5.75 Å². The van der Waals surface area contributed by atoms with E-state index in [0.29, 0.717) is 34.1 Å². The number of nitrogens with one attached hydrogen (secondary N) is 2. The molecule has 0 atom stereocenters. The highest BCUT2D eigenvalue weighted by Crippen LogP contribution is 2.27. The van der Waals surface area contributed by atoms with Crippen molar-refractivity contribution in [1.82, 2.24) is 4.98 Å². The smallest absolute Gasteiger partial charge is 0.259 e. The van der Waals surface area contributed by atoms with Gasteiger partial charge < -0.3 is 15.4 Å². The van der Waals surface area contributed by atoms with Crippen LogP contribution in [0.15, 0.2) is 66.9 Å². The molecule has 3 rings (SSSR count). The minimum atomic E-state index is -0.328. The monoisotopic (exact) mass is 344 g/mol. The summed E-state index contributed by atoms with van der Waals surface area (Å²) in [6.45, 7) is 0. The molecule has 6 heteroatoms. The Morgan fingerprint density at radius 2 is 1.96 bits per heavy atom. The van der Waals surface area contributed by atoms with Gasteiger partial charge in [-0.05, 0) is 42.5 Å². The number of rotatable bonds is 5. The molecule has 128 valence electrons. The van der Waals surface area contributed by atoms with Gasteiger partial charge in [0, 0.05) is 11.9 Å². The van der Waals surface area contributed by atoms with E-state index in [-0.39, 0.29) is 5.91 Å². The zero-order chi connectivity index (χ0) is 18.4. The van der Waals surface area contributed by atoms with Crippen LogP contribution in [0.3, 0.4) is 0 Å². The van der Waals surface area contributed by atoms with Crippen molar-refractivity contribution in [3.63, 3.8) is 0 Å². The Labute approximate surface area is 151 Å². The highest BCUT2D eigenvalue weighted by atomic mass is 16.5. The standard InChI is InChI=1S/C20H16N4O2/c1-26-18-10-3-2-9-17(18)24-19-16(8-5-11-22-19)20(25)23-15-7-4-6-14(12-15)13-21/h2-12H,1H3,(H,22,24)(H,23,25). The van der Waals surface area contributed by atoms with Crippen molar-refractivity contribution in [2.45, 2.75) is 0 Å². The molecule has 0 unspecified atom stereocenters. The number of para-hydroxylation sites is 2. The highest BCUT2D eigenvalue weighted by molar-refractivity contribution is 6.07. The molecule has 1 aromatic heterocycles. The topological polar surface area (TPSA) is 87.0 Å². The van der Waals surface area contributed by atoms with Gasteiger partial charge >= 0.3 is 0 Å². The Morgan fingerprint density at radius 3 is 2.77 bits per heavy atom. The zero-order valence-corrected chi connectivity index (χ0v) is 14.1.